The van der Waals surface area contributed by atoms with Crippen molar-refractivity contribution in [3.63, 3.8) is 0 Å². The monoisotopic (exact) mass is 189 g/mol. The number of carboxylic acids is 1. The summed E-state index contributed by atoms with van der Waals surface area (Å²) < 4.78 is 0. The third kappa shape index (κ3) is 1.91. The summed E-state index contributed by atoms with van der Waals surface area (Å²) in [6.07, 6.45) is 0. The molecule has 0 bridgehead atoms. The summed E-state index contributed by atoms with van der Waals surface area (Å²) >= 11 is 0. The van der Waals surface area contributed by atoms with E-state index in [4.69, 9.17) is 10.4 Å². The number of benzene rings is 1. The molecule has 0 aliphatic heterocycles. The van der Waals surface area contributed by atoms with Crippen molar-refractivity contribution in [2.24, 2.45) is 0 Å². The lowest BCUT2D eigenvalue weighted by atomic mass is 9.94. The van der Waals surface area contributed by atoms with E-state index in [0.29, 0.717) is 5.56 Å². The summed E-state index contributed by atoms with van der Waals surface area (Å²) in [6, 6.07) is 7.26. The van der Waals surface area contributed by atoms with Crippen LogP contribution in [0, 0.1) is 25.2 Å². The third-order valence-electron chi connectivity index (χ3n) is 2.12. The number of carboxylic acid groups (broad SMARTS) is 1. The average Bonchev–Trinajstić information content (AvgIpc) is 2.11. The van der Waals surface area contributed by atoms with Crippen molar-refractivity contribution in [1.29, 1.82) is 5.26 Å². The fraction of sp³-hybridized carbons (Fsp3) is 0.273. The number of hydrogen-bond donors (Lipinski definition) is 1. The minimum Gasteiger partial charge on any atom is -0.480 e. The van der Waals surface area contributed by atoms with Gasteiger partial charge in [-0.2, -0.15) is 5.26 Å². The van der Waals surface area contributed by atoms with Crippen molar-refractivity contribution in [2.75, 3.05) is 0 Å². The Morgan fingerprint density at radius 3 is 2.64 bits per heavy atom. The number of carbonyl (C=O) groups is 1. The van der Waals surface area contributed by atoms with Gasteiger partial charge in [0.2, 0.25) is 0 Å². The second-order valence-electron chi connectivity index (χ2n) is 3.26. The van der Waals surface area contributed by atoms with Gasteiger partial charge in [0.1, 0.15) is 0 Å². The molecule has 1 atom stereocenters. The van der Waals surface area contributed by atoms with E-state index in [1.54, 1.807) is 12.1 Å². The van der Waals surface area contributed by atoms with Crippen molar-refractivity contribution in [3.05, 3.63) is 34.9 Å². The zero-order chi connectivity index (χ0) is 10.7. The van der Waals surface area contributed by atoms with Gasteiger partial charge in [0.15, 0.2) is 5.92 Å². The smallest absolute Gasteiger partial charge is 0.325 e. The van der Waals surface area contributed by atoms with E-state index in [9.17, 15) is 4.79 Å². The molecule has 0 saturated carbocycles. The molecule has 0 spiro atoms. The van der Waals surface area contributed by atoms with Gasteiger partial charge in [0.25, 0.3) is 0 Å². The van der Waals surface area contributed by atoms with E-state index in [0.717, 1.165) is 11.1 Å². The Kier molecular flexibility index (Phi) is 2.88. The maximum Gasteiger partial charge on any atom is 0.325 e. The minimum absolute atomic E-state index is 0.583. The summed E-state index contributed by atoms with van der Waals surface area (Å²) in [7, 11) is 0. The Balaban J connectivity index is 3.23. The van der Waals surface area contributed by atoms with E-state index in [1.165, 1.54) is 0 Å². The number of hydrogen-bond acceptors (Lipinski definition) is 2. The molecule has 3 heteroatoms. The van der Waals surface area contributed by atoms with Crippen molar-refractivity contribution in [1.82, 2.24) is 0 Å². The van der Waals surface area contributed by atoms with Gasteiger partial charge in [-0.05, 0) is 25.0 Å². The molecule has 0 fully saturated rings. The lowest BCUT2D eigenvalue weighted by Crippen LogP contribution is -2.10. The van der Waals surface area contributed by atoms with E-state index >= 15 is 0 Å². The minimum atomic E-state index is -1.10. The van der Waals surface area contributed by atoms with Crippen LogP contribution in [-0.4, -0.2) is 11.1 Å². The molecule has 14 heavy (non-hydrogen) atoms. The van der Waals surface area contributed by atoms with E-state index in [2.05, 4.69) is 0 Å². The van der Waals surface area contributed by atoms with Crippen molar-refractivity contribution < 1.29 is 9.90 Å². The summed E-state index contributed by atoms with van der Waals surface area (Å²) in [5.74, 6) is -2.16. The molecule has 0 aromatic heterocycles. The fourth-order valence-electron chi connectivity index (χ4n) is 1.33. The van der Waals surface area contributed by atoms with Crippen LogP contribution in [0.25, 0.3) is 0 Å². The van der Waals surface area contributed by atoms with Crippen LogP contribution < -0.4 is 0 Å². The first kappa shape index (κ1) is 10.3. The quantitative estimate of drug-likeness (QED) is 0.773. The first-order valence-corrected chi connectivity index (χ1v) is 4.26. The van der Waals surface area contributed by atoms with Crippen LogP contribution in [0.5, 0.6) is 0 Å². The molecule has 0 radical (unpaired) electrons. The molecule has 0 aliphatic carbocycles. The molecular weight excluding hydrogens is 178 g/mol. The van der Waals surface area contributed by atoms with E-state index in [1.807, 2.05) is 26.0 Å². The van der Waals surface area contributed by atoms with Gasteiger partial charge in [-0.1, -0.05) is 23.8 Å². The lowest BCUT2D eigenvalue weighted by Gasteiger charge is -2.08. The molecule has 1 unspecified atom stereocenters. The number of nitrogens with zero attached hydrogens (tertiary/aromatic N) is 1. The number of rotatable bonds is 2. The van der Waals surface area contributed by atoms with Gasteiger partial charge in [0, 0.05) is 0 Å². The number of aryl methyl sites for hydroxylation is 2. The predicted molar refractivity (Wildman–Crippen MR) is 51.9 cm³/mol. The highest BCUT2D eigenvalue weighted by molar-refractivity contribution is 5.80. The Labute approximate surface area is 82.6 Å². The molecule has 72 valence electrons. The maximum atomic E-state index is 10.8. The van der Waals surface area contributed by atoms with Crippen molar-refractivity contribution in [2.45, 2.75) is 19.8 Å². The molecule has 1 aromatic carbocycles. The summed E-state index contributed by atoms with van der Waals surface area (Å²) in [5.41, 5.74) is 2.39. The molecule has 1 rings (SSSR count). The predicted octanol–water partition coefficient (Wildman–Crippen LogP) is 2.00. The van der Waals surface area contributed by atoms with Gasteiger partial charge in [0.05, 0.1) is 6.07 Å². The highest BCUT2D eigenvalue weighted by Gasteiger charge is 2.20. The first-order valence-electron chi connectivity index (χ1n) is 4.26. The lowest BCUT2D eigenvalue weighted by molar-refractivity contribution is -0.137. The Morgan fingerprint density at radius 1 is 1.50 bits per heavy atom. The third-order valence-corrected chi connectivity index (χ3v) is 2.12. The van der Waals surface area contributed by atoms with Gasteiger partial charge < -0.3 is 5.11 Å². The molecule has 3 nitrogen and oxygen atoms in total. The van der Waals surface area contributed by atoms with Crippen LogP contribution in [0.1, 0.15) is 22.6 Å². The maximum absolute atomic E-state index is 10.8. The molecule has 1 aromatic rings. The Bertz CT molecular complexity index is 404. The molecule has 0 saturated heterocycles. The standard InChI is InChI=1S/C11H11NO2/c1-7-3-4-8(2)9(5-7)10(6-12)11(13)14/h3-5,10H,1-2H3,(H,13,14). The molecule has 0 aliphatic rings. The van der Waals surface area contributed by atoms with Crippen molar-refractivity contribution >= 4 is 5.97 Å². The van der Waals surface area contributed by atoms with Crippen LogP contribution in [0.4, 0.5) is 0 Å². The largest absolute Gasteiger partial charge is 0.480 e. The molecular formula is C11H11NO2. The molecule has 0 heterocycles. The Hall–Kier alpha value is -1.82. The Morgan fingerprint density at radius 2 is 2.14 bits per heavy atom. The normalized spacial score (nSPS) is 11.8. The highest BCUT2D eigenvalue weighted by Crippen LogP contribution is 2.20. The van der Waals surface area contributed by atoms with Crippen LogP contribution >= 0.6 is 0 Å². The number of aliphatic carboxylic acids is 1. The molecule has 1 N–H and O–H groups in total. The van der Waals surface area contributed by atoms with E-state index in [-0.39, 0.29) is 0 Å². The zero-order valence-corrected chi connectivity index (χ0v) is 8.11. The van der Waals surface area contributed by atoms with Crippen molar-refractivity contribution in [3.8, 4) is 6.07 Å². The van der Waals surface area contributed by atoms with Gasteiger partial charge >= 0.3 is 5.97 Å². The van der Waals surface area contributed by atoms with Crippen LogP contribution in [0.15, 0.2) is 18.2 Å². The SMILES string of the molecule is Cc1ccc(C)c(C(C#N)C(=O)O)c1. The molecule has 0 amide bonds. The van der Waals surface area contributed by atoms with Gasteiger partial charge in [-0.15, -0.1) is 0 Å². The fourth-order valence-corrected chi connectivity index (χ4v) is 1.33. The summed E-state index contributed by atoms with van der Waals surface area (Å²) in [6.45, 7) is 3.68. The second kappa shape index (κ2) is 3.93. The van der Waals surface area contributed by atoms with Gasteiger partial charge in [-0.3, -0.25) is 4.79 Å². The zero-order valence-electron chi connectivity index (χ0n) is 8.11. The number of nitriles is 1. The summed E-state index contributed by atoms with van der Waals surface area (Å²) in [4.78, 5) is 10.8. The van der Waals surface area contributed by atoms with Crippen LogP contribution in [0.2, 0.25) is 0 Å². The van der Waals surface area contributed by atoms with Gasteiger partial charge in [-0.25, -0.2) is 0 Å². The van der Waals surface area contributed by atoms with Crippen LogP contribution in [0.3, 0.4) is 0 Å². The summed E-state index contributed by atoms with van der Waals surface area (Å²) in [5, 5.41) is 17.6. The average molecular weight is 189 g/mol. The van der Waals surface area contributed by atoms with Crippen LogP contribution in [-0.2, 0) is 4.79 Å². The topological polar surface area (TPSA) is 61.1 Å². The second-order valence-corrected chi connectivity index (χ2v) is 3.26. The first-order chi connectivity index (χ1) is 6.56. The van der Waals surface area contributed by atoms with E-state index < -0.39 is 11.9 Å². The highest BCUT2D eigenvalue weighted by atomic mass is 16.4.